The van der Waals surface area contributed by atoms with Crippen LogP contribution < -0.4 is 5.32 Å². The Hall–Kier alpha value is -1.47. The maximum Gasteiger partial charge on any atom is 0.202 e. The summed E-state index contributed by atoms with van der Waals surface area (Å²) >= 11 is 1.31. The van der Waals surface area contributed by atoms with E-state index < -0.39 is 9.84 Å². The van der Waals surface area contributed by atoms with Crippen LogP contribution in [0.5, 0.6) is 0 Å². The van der Waals surface area contributed by atoms with Crippen LogP contribution >= 0.6 is 11.5 Å². The van der Waals surface area contributed by atoms with Crippen LogP contribution in [0.2, 0.25) is 0 Å². The fourth-order valence-electron chi connectivity index (χ4n) is 1.40. The van der Waals surface area contributed by atoms with E-state index in [9.17, 15) is 8.42 Å². The second-order valence-corrected chi connectivity index (χ2v) is 6.68. The molecule has 0 aliphatic carbocycles. The Labute approximate surface area is 110 Å². The Morgan fingerprint density at radius 2 is 1.94 bits per heavy atom. The van der Waals surface area contributed by atoms with Crippen LogP contribution in [-0.2, 0) is 16.4 Å². The van der Waals surface area contributed by atoms with Gasteiger partial charge in [0.15, 0.2) is 9.84 Å². The lowest BCUT2D eigenvalue weighted by Crippen LogP contribution is -2.01. The van der Waals surface area contributed by atoms with Gasteiger partial charge in [-0.3, -0.25) is 0 Å². The molecule has 0 aliphatic heterocycles. The highest BCUT2D eigenvalue weighted by atomic mass is 32.2. The molecule has 2 rings (SSSR count). The topological polar surface area (TPSA) is 72.0 Å². The molecule has 96 valence electrons. The molecule has 7 heteroatoms. The first-order valence-corrected chi connectivity index (χ1v) is 7.95. The van der Waals surface area contributed by atoms with E-state index in [1.165, 1.54) is 17.8 Å². The smallest absolute Gasteiger partial charge is 0.202 e. The number of aromatic nitrogens is 2. The molecule has 0 amide bonds. The van der Waals surface area contributed by atoms with Crippen molar-refractivity contribution in [3.63, 3.8) is 0 Å². The first kappa shape index (κ1) is 13.0. The van der Waals surface area contributed by atoms with E-state index in [-0.39, 0.29) is 0 Å². The minimum Gasteiger partial charge on any atom is -0.356 e. The molecule has 2 aromatic rings. The molecule has 1 aromatic carbocycles. The lowest BCUT2D eigenvalue weighted by atomic mass is 10.2. The number of sulfone groups is 1. The van der Waals surface area contributed by atoms with E-state index in [1.54, 1.807) is 24.3 Å². The fraction of sp³-hybridized carbons (Fsp3) is 0.273. The van der Waals surface area contributed by atoms with E-state index in [4.69, 9.17) is 0 Å². The highest BCUT2D eigenvalue weighted by molar-refractivity contribution is 7.90. The average Bonchev–Trinajstić information content (AvgIpc) is 2.72. The summed E-state index contributed by atoms with van der Waals surface area (Å²) in [5, 5.41) is 3.90. The molecular weight excluding hydrogens is 270 g/mol. The summed E-state index contributed by atoms with van der Waals surface area (Å²) in [7, 11) is -3.12. The minimum atomic E-state index is -3.12. The van der Waals surface area contributed by atoms with Crippen molar-refractivity contribution >= 4 is 26.5 Å². The first-order chi connectivity index (χ1) is 8.45. The number of anilines is 1. The molecule has 0 saturated carbocycles. The van der Waals surface area contributed by atoms with E-state index in [0.717, 1.165) is 16.5 Å². The SMILES string of the molecule is Cc1nsc(NCc2ccc(S(C)(=O)=O)cc2)n1. The van der Waals surface area contributed by atoms with Crippen LogP contribution in [0.3, 0.4) is 0 Å². The second kappa shape index (κ2) is 5.03. The number of nitrogens with zero attached hydrogens (tertiary/aromatic N) is 2. The predicted octanol–water partition coefficient (Wildman–Crippen LogP) is 1.86. The van der Waals surface area contributed by atoms with Crippen molar-refractivity contribution in [2.45, 2.75) is 18.4 Å². The molecule has 0 atom stereocenters. The van der Waals surface area contributed by atoms with Gasteiger partial charge in [0.05, 0.1) is 4.90 Å². The van der Waals surface area contributed by atoms with Gasteiger partial charge in [-0.2, -0.15) is 4.37 Å². The van der Waals surface area contributed by atoms with Crippen LogP contribution in [0.1, 0.15) is 11.4 Å². The summed E-state index contributed by atoms with van der Waals surface area (Å²) in [6.07, 6.45) is 1.20. The van der Waals surface area contributed by atoms with Crippen molar-refractivity contribution < 1.29 is 8.42 Å². The van der Waals surface area contributed by atoms with Crippen molar-refractivity contribution in [2.24, 2.45) is 0 Å². The first-order valence-electron chi connectivity index (χ1n) is 5.28. The molecule has 18 heavy (non-hydrogen) atoms. The van der Waals surface area contributed by atoms with Crippen molar-refractivity contribution in [3.8, 4) is 0 Å². The molecule has 5 nitrogen and oxygen atoms in total. The normalized spacial score (nSPS) is 11.4. The Morgan fingerprint density at radius 1 is 1.28 bits per heavy atom. The predicted molar refractivity (Wildman–Crippen MR) is 71.5 cm³/mol. The Morgan fingerprint density at radius 3 is 2.44 bits per heavy atom. The standard InChI is InChI=1S/C11H13N3O2S2/c1-8-13-11(17-14-8)12-7-9-3-5-10(6-4-9)18(2,15)16/h3-6H,7H2,1-2H3,(H,12,13,14). The van der Waals surface area contributed by atoms with Crippen LogP contribution in [0, 0.1) is 6.92 Å². The van der Waals surface area contributed by atoms with Gasteiger partial charge in [-0.05, 0) is 24.6 Å². The molecule has 0 saturated heterocycles. The molecule has 1 aromatic heterocycles. The third-order valence-corrected chi connectivity index (χ3v) is 4.22. The van der Waals surface area contributed by atoms with Crippen molar-refractivity contribution in [2.75, 3.05) is 11.6 Å². The van der Waals surface area contributed by atoms with Crippen molar-refractivity contribution in [3.05, 3.63) is 35.7 Å². The molecule has 0 radical (unpaired) electrons. The summed E-state index contributed by atoms with van der Waals surface area (Å²) in [6, 6.07) is 6.80. The van der Waals surface area contributed by atoms with Gasteiger partial charge in [0, 0.05) is 24.3 Å². The third-order valence-electron chi connectivity index (χ3n) is 2.32. The van der Waals surface area contributed by atoms with Gasteiger partial charge in [0.1, 0.15) is 5.82 Å². The number of hydrogen-bond acceptors (Lipinski definition) is 6. The monoisotopic (exact) mass is 283 g/mol. The molecule has 0 bridgehead atoms. The maximum atomic E-state index is 11.3. The van der Waals surface area contributed by atoms with E-state index in [0.29, 0.717) is 11.4 Å². The van der Waals surface area contributed by atoms with Gasteiger partial charge in [-0.15, -0.1) is 0 Å². The van der Waals surface area contributed by atoms with Gasteiger partial charge in [-0.1, -0.05) is 12.1 Å². The molecule has 0 aliphatic rings. The highest BCUT2D eigenvalue weighted by Crippen LogP contribution is 2.14. The van der Waals surface area contributed by atoms with Gasteiger partial charge < -0.3 is 5.32 Å². The molecule has 0 spiro atoms. The fourth-order valence-corrected chi connectivity index (χ4v) is 2.60. The van der Waals surface area contributed by atoms with E-state index >= 15 is 0 Å². The van der Waals surface area contributed by atoms with Crippen LogP contribution in [-0.4, -0.2) is 24.0 Å². The van der Waals surface area contributed by atoms with Crippen LogP contribution in [0.4, 0.5) is 5.13 Å². The Kier molecular flexibility index (Phi) is 3.63. The van der Waals surface area contributed by atoms with E-state index in [1.807, 2.05) is 6.92 Å². The summed E-state index contributed by atoms with van der Waals surface area (Å²) < 4.78 is 26.7. The highest BCUT2D eigenvalue weighted by Gasteiger charge is 2.06. The molecule has 1 N–H and O–H groups in total. The lowest BCUT2D eigenvalue weighted by molar-refractivity contribution is 0.602. The zero-order chi connectivity index (χ0) is 13.2. The molecule has 1 heterocycles. The Balaban J connectivity index is 2.03. The lowest BCUT2D eigenvalue weighted by Gasteiger charge is -2.03. The number of nitrogens with one attached hydrogen (secondary N) is 1. The minimum absolute atomic E-state index is 0.331. The van der Waals surface area contributed by atoms with Crippen molar-refractivity contribution in [1.29, 1.82) is 0 Å². The van der Waals surface area contributed by atoms with Gasteiger partial charge >= 0.3 is 0 Å². The summed E-state index contributed by atoms with van der Waals surface area (Å²) in [6.45, 7) is 2.43. The van der Waals surface area contributed by atoms with E-state index in [2.05, 4.69) is 14.7 Å². The largest absolute Gasteiger partial charge is 0.356 e. The molecule has 0 fully saturated rings. The number of rotatable bonds is 4. The summed E-state index contributed by atoms with van der Waals surface area (Å²) in [5.74, 6) is 0.745. The number of hydrogen-bond donors (Lipinski definition) is 1. The third kappa shape index (κ3) is 3.27. The zero-order valence-corrected chi connectivity index (χ0v) is 11.7. The maximum absolute atomic E-state index is 11.3. The Bertz CT molecular complexity index is 633. The number of aryl methyl sites for hydroxylation is 1. The van der Waals surface area contributed by atoms with Gasteiger partial charge in [0.2, 0.25) is 5.13 Å². The quantitative estimate of drug-likeness (QED) is 0.927. The zero-order valence-electron chi connectivity index (χ0n) is 10.0. The summed E-state index contributed by atoms with van der Waals surface area (Å²) in [4.78, 5) is 4.51. The molecular formula is C11H13N3O2S2. The molecule has 0 unspecified atom stereocenters. The van der Waals surface area contributed by atoms with Gasteiger partial charge in [0.25, 0.3) is 0 Å². The van der Waals surface area contributed by atoms with Crippen LogP contribution in [0.15, 0.2) is 29.2 Å². The van der Waals surface area contributed by atoms with Crippen LogP contribution in [0.25, 0.3) is 0 Å². The average molecular weight is 283 g/mol. The second-order valence-electron chi connectivity index (χ2n) is 3.92. The van der Waals surface area contributed by atoms with Gasteiger partial charge in [-0.25, -0.2) is 13.4 Å². The summed E-state index contributed by atoms with van der Waals surface area (Å²) in [5.41, 5.74) is 0.996. The van der Waals surface area contributed by atoms with Crippen molar-refractivity contribution in [1.82, 2.24) is 9.36 Å². The number of benzene rings is 1.